The second-order valence-electron chi connectivity index (χ2n) is 2.51. The maximum atomic E-state index is 11.2. The van der Waals surface area contributed by atoms with Crippen molar-refractivity contribution < 1.29 is 9.59 Å². The van der Waals surface area contributed by atoms with E-state index < -0.39 is 0 Å². The molecule has 0 saturated heterocycles. The summed E-state index contributed by atoms with van der Waals surface area (Å²) in [5.41, 5.74) is 0.394. The van der Waals surface area contributed by atoms with E-state index in [4.69, 9.17) is 0 Å². The Morgan fingerprint density at radius 1 is 1.67 bits per heavy atom. The Morgan fingerprint density at radius 2 is 2.33 bits per heavy atom. The zero-order chi connectivity index (χ0) is 9.14. The minimum absolute atomic E-state index is 0.275. The highest BCUT2D eigenvalue weighted by atomic mass is 16.2. The monoisotopic (exact) mass is 167 g/mol. The van der Waals surface area contributed by atoms with Crippen LogP contribution < -0.4 is 0 Å². The Balaban J connectivity index is 2.89. The first-order valence-electron chi connectivity index (χ1n) is 3.36. The van der Waals surface area contributed by atoms with Gasteiger partial charge in [0.1, 0.15) is 0 Å². The summed E-state index contributed by atoms with van der Waals surface area (Å²) in [5.74, 6) is 0. The predicted molar refractivity (Wildman–Crippen MR) is 42.1 cm³/mol. The molecule has 1 amide bonds. The molecule has 0 atom stereocenters. The van der Waals surface area contributed by atoms with Crippen LogP contribution in [0.5, 0.6) is 0 Å². The smallest absolute Gasteiger partial charge is 0.329 e. The summed E-state index contributed by atoms with van der Waals surface area (Å²) in [4.78, 5) is 22.8. The highest BCUT2D eigenvalue weighted by Crippen LogP contribution is 1.94. The first kappa shape index (κ1) is 8.45. The molecule has 1 aromatic heterocycles. The summed E-state index contributed by atoms with van der Waals surface area (Å²) in [6.07, 6.45) is 3.37. The molecule has 0 aromatic carbocycles. The van der Waals surface area contributed by atoms with Gasteiger partial charge in [0.25, 0.3) is 0 Å². The van der Waals surface area contributed by atoms with Crippen LogP contribution in [0.4, 0.5) is 4.79 Å². The number of nitrogens with zero attached hydrogens (tertiary/aromatic N) is 3. The molecule has 5 nitrogen and oxygen atoms in total. The molecule has 1 aromatic rings. The minimum atomic E-state index is -0.275. The second-order valence-corrected chi connectivity index (χ2v) is 2.51. The zero-order valence-electron chi connectivity index (χ0n) is 6.89. The Kier molecular flexibility index (Phi) is 2.23. The quantitative estimate of drug-likeness (QED) is 0.562. The van der Waals surface area contributed by atoms with E-state index in [-0.39, 0.29) is 6.03 Å². The fraction of sp³-hybridized carbons (Fsp3) is 0.286. The maximum absolute atomic E-state index is 11.2. The van der Waals surface area contributed by atoms with Gasteiger partial charge in [-0.05, 0) is 0 Å². The highest BCUT2D eigenvalue weighted by molar-refractivity contribution is 5.79. The molecule has 64 valence electrons. The van der Waals surface area contributed by atoms with Crippen LogP contribution in [0.25, 0.3) is 0 Å². The lowest BCUT2D eigenvalue weighted by Gasteiger charge is -2.08. The van der Waals surface area contributed by atoms with Crippen molar-refractivity contribution in [2.24, 2.45) is 0 Å². The van der Waals surface area contributed by atoms with E-state index >= 15 is 0 Å². The molecular formula is C7H9N3O2. The number of rotatable bonds is 1. The van der Waals surface area contributed by atoms with Crippen LogP contribution >= 0.6 is 0 Å². The van der Waals surface area contributed by atoms with E-state index in [0.29, 0.717) is 11.8 Å². The topological polar surface area (TPSA) is 55.2 Å². The van der Waals surface area contributed by atoms with E-state index in [9.17, 15) is 9.59 Å². The number of aromatic nitrogens is 2. The van der Waals surface area contributed by atoms with Crippen LogP contribution in [0, 0.1) is 0 Å². The van der Waals surface area contributed by atoms with Crippen molar-refractivity contribution in [2.45, 2.75) is 0 Å². The van der Waals surface area contributed by atoms with Gasteiger partial charge in [0.05, 0.1) is 11.8 Å². The van der Waals surface area contributed by atoms with Gasteiger partial charge in [0.15, 0.2) is 6.29 Å². The lowest BCUT2D eigenvalue weighted by Crippen LogP contribution is -2.27. The first-order chi connectivity index (χ1) is 5.65. The molecular weight excluding hydrogens is 158 g/mol. The SMILES string of the molecule is CN(C)C(=O)n1cc(C=O)cn1. The van der Waals surface area contributed by atoms with E-state index in [1.54, 1.807) is 14.1 Å². The fourth-order valence-corrected chi connectivity index (χ4v) is 0.707. The van der Waals surface area contributed by atoms with E-state index in [1.165, 1.54) is 17.3 Å². The molecule has 0 N–H and O–H groups in total. The molecule has 0 unspecified atom stereocenters. The van der Waals surface area contributed by atoms with Crippen LogP contribution in [0.1, 0.15) is 10.4 Å². The van der Waals surface area contributed by atoms with Crippen molar-refractivity contribution in [3.05, 3.63) is 18.0 Å². The van der Waals surface area contributed by atoms with Crippen molar-refractivity contribution in [2.75, 3.05) is 14.1 Å². The van der Waals surface area contributed by atoms with Gasteiger partial charge >= 0.3 is 6.03 Å². The Labute approximate surface area is 69.6 Å². The fourth-order valence-electron chi connectivity index (χ4n) is 0.707. The molecule has 0 bridgehead atoms. The number of hydrogen-bond donors (Lipinski definition) is 0. The molecule has 5 heteroatoms. The van der Waals surface area contributed by atoms with Gasteiger partial charge in [-0.2, -0.15) is 9.78 Å². The number of amides is 1. The number of carbonyl (C=O) groups excluding carboxylic acids is 2. The number of carbonyl (C=O) groups is 2. The van der Waals surface area contributed by atoms with Crippen molar-refractivity contribution in [1.29, 1.82) is 0 Å². The average molecular weight is 167 g/mol. The molecule has 0 aliphatic carbocycles. The molecule has 12 heavy (non-hydrogen) atoms. The number of hydrogen-bond acceptors (Lipinski definition) is 3. The minimum Gasteiger partial charge on any atom is -0.329 e. The largest absolute Gasteiger partial charge is 0.344 e. The Bertz CT molecular complexity index is 303. The van der Waals surface area contributed by atoms with E-state index in [1.807, 2.05) is 0 Å². The Hall–Kier alpha value is -1.65. The van der Waals surface area contributed by atoms with Crippen LogP contribution in [0.3, 0.4) is 0 Å². The van der Waals surface area contributed by atoms with Gasteiger partial charge in [0, 0.05) is 20.3 Å². The molecule has 0 saturated carbocycles. The highest BCUT2D eigenvalue weighted by Gasteiger charge is 2.07. The molecule has 0 fully saturated rings. The van der Waals surface area contributed by atoms with E-state index in [2.05, 4.69) is 5.10 Å². The lowest BCUT2D eigenvalue weighted by molar-refractivity contribution is 0.112. The third-order valence-corrected chi connectivity index (χ3v) is 1.32. The van der Waals surface area contributed by atoms with Gasteiger partial charge in [-0.1, -0.05) is 0 Å². The third kappa shape index (κ3) is 1.50. The van der Waals surface area contributed by atoms with Crippen LogP contribution in [-0.2, 0) is 0 Å². The van der Waals surface area contributed by atoms with Gasteiger partial charge < -0.3 is 4.90 Å². The summed E-state index contributed by atoms with van der Waals surface area (Å²) >= 11 is 0. The van der Waals surface area contributed by atoms with Crippen molar-refractivity contribution in [3.63, 3.8) is 0 Å². The molecule has 0 spiro atoms. The van der Waals surface area contributed by atoms with Gasteiger partial charge in [-0.25, -0.2) is 4.79 Å². The molecule has 1 rings (SSSR count). The average Bonchev–Trinajstić information content (AvgIpc) is 2.50. The van der Waals surface area contributed by atoms with Gasteiger partial charge in [0.2, 0.25) is 0 Å². The van der Waals surface area contributed by atoms with E-state index in [0.717, 1.165) is 4.68 Å². The van der Waals surface area contributed by atoms with Crippen molar-refractivity contribution in [1.82, 2.24) is 14.7 Å². The summed E-state index contributed by atoms with van der Waals surface area (Å²) in [7, 11) is 3.23. The molecule has 0 radical (unpaired) electrons. The standard InChI is InChI=1S/C7H9N3O2/c1-9(2)7(12)10-4-6(5-11)3-8-10/h3-5H,1-2H3. The summed E-state index contributed by atoms with van der Waals surface area (Å²) in [6, 6.07) is -0.275. The van der Waals surface area contributed by atoms with Gasteiger partial charge in [-0.3, -0.25) is 4.79 Å². The molecule has 0 aliphatic heterocycles. The number of aldehydes is 1. The van der Waals surface area contributed by atoms with Crippen LogP contribution in [-0.4, -0.2) is 41.1 Å². The zero-order valence-corrected chi connectivity index (χ0v) is 6.89. The van der Waals surface area contributed by atoms with Crippen molar-refractivity contribution >= 4 is 12.3 Å². The summed E-state index contributed by atoms with van der Waals surface area (Å²) in [5, 5.41) is 3.70. The predicted octanol–water partition coefficient (Wildman–Crippen LogP) is 0.225. The summed E-state index contributed by atoms with van der Waals surface area (Å²) in [6.45, 7) is 0. The summed E-state index contributed by atoms with van der Waals surface area (Å²) < 4.78 is 1.11. The normalized spacial score (nSPS) is 9.50. The third-order valence-electron chi connectivity index (χ3n) is 1.32. The lowest BCUT2D eigenvalue weighted by atomic mass is 10.4. The first-order valence-corrected chi connectivity index (χ1v) is 3.36. The van der Waals surface area contributed by atoms with Crippen LogP contribution in [0.2, 0.25) is 0 Å². The van der Waals surface area contributed by atoms with Crippen LogP contribution in [0.15, 0.2) is 12.4 Å². The Morgan fingerprint density at radius 3 is 2.75 bits per heavy atom. The second kappa shape index (κ2) is 3.17. The van der Waals surface area contributed by atoms with Crippen molar-refractivity contribution in [3.8, 4) is 0 Å². The molecule has 1 heterocycles. The van der Waals surface area contributed by atoms with Gasteiger partial charge in [-0.15, -0.1) is 0 Å². The maximum Gasteiger partial charge on any atom is 0.344 e. The molecule has 0 aliphatic rings.